The van der Waals surface area contributed by atoms with Gasteiger partial charge in [0.1, 0.15) is 0 Å². The molecule has 0 bridgehead atoms. The van der Waals surface area contributed by atoms with Crippen LogP contribution in [0.15, 0.2) is 0 Å². The molecule has 15 heavy (non-hydrogen) atoms. The zero-order chi connectivity index (χ0) is 11.7. The van der Waals surface area contributed by atoms with Crippen molar-refractivity contribution in [2.75, 3.05) is 5.75 Å². The molecule has 0 aromatic heterocycles. The average molecular weight is 232 g/mol. The number of hydrogen-bond donors (Lipinski definition) is 1. The van der Waals surface area contributed by atoms with Gasteiger partial charge in [-0.15, -0.1) is 0 Å². The van der Waals surface area contributed by atoms with Crippen molar-refractivity contribution in [2.24, 2.45) is 0 Å². The van der Waals surface area contributed by atoms with Crippen LogP contribution in [0.25, 0.3) is 0 Å². The lowest BCUT2D eigenvalue weighted by atomic mass is 10.1. The Labute approximate surface area is 100 Å². The van der Waals surface area contributed by atoms with Gasteiger partial charge in [-0.1, -0.05) is 59.8 Å². The van der Waals surface area contributed by atoms with E-state index in [9.17, 15) is 5.11 Å². The molecule has 0 amide bonds. The normalized spacial score (nSPS) is 14.2. The Kier molecular flexibility index (Phi) is 8.64. The summed E-state index contributed by atoms with van der Waals surface area (Å²) in [6.45, 7) is 8.83. The summed E-state index contributed by atoms with van der Waals surface area (Å²) in [5, 5.41) is 9.75. The van der Waals surface area contributed by atoms with Crippen LogP contribution >= 0.6 is 11.8 Å². The second-order valence-corrected chi connectivity index (χ2v) is 7.13. The van der Waals surface area contributed by atoms with E-state index in [4.69, 9.17) is 0 Å². The lowest BCUT2D eigenvalue weighted by Gasteiger charge is -2.19. The van der Waals surface area contributed by atoms with Crippen molar-refractivity contribution in [3.8, 4) is 0 Å². The minimum absolute atomic E-state index is 0.101. The van der Waals surface area contributed by atoms with E-state index in [0.717, 1.165) is 12.2 Å². The Morgan fingerprint density at radius 3 is 2.20 bits per heavy atom. The van der Waals surface area contributed by atoms with Crippen LogP contribution in [0.4, 0.5) is 0 Å². The van der Waals surface area contributed by atoms with Gasteiger partial charge in [0.15, 0.2) is 0 Å². The van der Waals surface area contributed by atoms with Gasteiger partial charge in [-0.3, -0.25) is 0 Å². The summed E-state index contributed by atoms with van der Waals surface area (Å²) in [7, 11) is 0. The van der Waals surface area contributed by atoms with Crippen LogP contribution in [0.5, 0.6) is 0 Å². The molecular weight excluding hydrogens is 204 g/mol. The highest BCUT2D eigenvalue weighted by Crippen LogP contribution is 2.24. The third-order valence-corrected chi connectivity index (χ3v) is 3.77. The molecule has 0 aromatic carbocycles. The molecule has 0 rings (SSSR count). The first-order chi connectivity index (χ1) is 6.95. The molecule has 92 valence electrons. The zero-order valence-corrected chi connectivity index (χ0v) is 11.7. The summed E-state index contributed by atoms with van der Waals surface area (Å²) in [4.78, 5) is 0. The summed E-state index contributed by atoms with van der Waals surface area (Å²) in [5.74, 6) is 0.886. The van der Waals surface area contributed by atoms with E-state index in [-0.39, 0.29) is 10.9 Å². The highest BCUT2D eigenvalue weighted by Gasteiger charge is 2.13. The van der Waals surface area contributed by atoms with Gasteiger partial charge in [0, 0.05) is 10.5 Å². The summed E-state index contributed by atoms with van der Waals surface area (Å²) in [6.07, 6.45) is 7.31. The molecular formula is C13H28OS. The SMILES string of the molecule is CCCCCCCC(O)CSC(C)(C)C. The molecule has 1 N–H and O–H groups in total. The lowest BCUT2D eigenvalue weighted by Crippen LogP contribution is -2.16. The number of aliphatic hydroxyl groups excluding tert-OH is 1. The van der Waals surface area contributed by atoms with E-state index >= 15 is 0 Å². The van der Waals surface area contributed by atoms with Gasteiger partial charge < -0.3 is 5.11 Å². The second kappa shape index (κ2) is 8.46. The maximum Gasteiger partial charge on any atom is 0.0630 e. The number of hydrogen-bond acceptors (Lipinski definition) is 2. The van der Waals surface area contributed by atoms with Crippen molar-refractivity contribution < 1.29 is 5.11 Å². The van der Waals surface area contributed by atoms with Gasteiger partial charge >= 0.3 is 0 Å². The first kappa shape index (κ1) is 15.3. The molecule has 0 fully saturated rings. The molecule has 1 atom stereocenters. The van der Waals surface area contributed by atoms with E-state index in [1.165, 1.54) is 32.1 Å². The van der Waals surface area contributed by atoms with E-state index in [0.29, 0.717) is 0 Å². The molecule has 0 saturated carbocycles. The van der Waals surface area contributed by atoms with Gasteiger partial charge in [-0.25, -0.2) is 0 Å². The van der Waals surface area contributed by atoms with Gasteiger partial charge in [0.25, 0.3) is 0 Å². The van der Waals surface area contributed by atoms with Gasteiger partial charge in [0.2, 0.25) is 0 Å². The number of unbranched alkanes of at least 4 members (excludes halogenated alkanes) is 4. The standard InChI is InChI=1S/C13H28OS/c1-5-6-7-8-9-10-12(14)11-15-13(2,3)4/h12,14H,5-11H2,1-4H3. The highest BCUT2D eigenvalue weighted by atomic mass is 32.2. The third-order valence-electron chi connectivity index (χ3n) is 2.35. The fourth-order valence-electron chi connectivity index (χ4n) is 1.41. The predicted octanol–water partition coefficient (Wildman–Crippen LogP) is 4.24. The molecule has 1 nitrogen and oxygen atoms in total. The lowest BCUT2D eigenvalue weighted by molar-refractivity contribution is 0.184. The topological polar surface area (TPSA) is 20.2 Å². The first-order valence-corrected chi connectivity index (χ1v) is 7.26. The van der Waals surface area contributed by atoms with Crippen LogP contribution in [0.2, 0.25) is 0 Å². The van der Waals surface area contributed by atoms with Crippen LogP contribution in [-0.2, 0) is 0 Å². The smallest absolute Gasteiger partial charge is 0.0630 e. The van der Waals surface area contributed by atoms with Crippen LogP contribution < -0.4 is 0 Å². The van der Waals surface area contributed by atoms with Crippen molar-refractivity contribution in [1.82, 2.24) is 0 Å². The molecule has 0 aliphatic rings. The minimum atomic E-state index is -0.101. The van der Waals surface area contributed by atoms with E-state index in [1.54, 1.807) is 0 Å². The van der Waals surface area contributed by atoms with E-state index in [2.05, 4.69) is 27.7 Å². The largest absolute Gasteiger partial charge is 0.392 e. The van der Waals surface area contributed by atoms with Crippen molar-refractivity contribution in [3.05, 3.63) is 0 Å². The highest BCUT2D eigenvalue weighted by molar-refractivity contribution is 8.00. The molecule has 0 aliphatic heterocycles. The van der Waals surface area contributed by atoms with Crippen LogP contribution in [-0.4, -0.2) is 21.7 Å². The van der Waals surface area contributed by atoms with E-state index in [1.807, 2.05) is 11.8 Å². The monoisotopic (exact) mass is 232 g/mol. The van der Waals surface area contributed by atoms with E-state index < -0.39 is 0 Å². The first-order valence-electron chi connectivity index (χ1n) is 6.27. The molecule has 0 radical (unpaired) electrons. The quantitative estimate of drug-likeness (QED) is 0.632. The fourth-order valence-corrected chi connectivity index (χ4v) is 2.27. The molecule has 0 spiro atoms. The van der Waals surface area contributed by atoms with Crippen LogP contribution in [0, 0.1) is 0 Å². The summed E-state index contributed by atoms with van der Waals surface area (Å²) >= 11 is 1.86. The van der Waals surface area contributed by atoms with Crippen LogP contribution in [0.1, 0.15) is 66.2 Å². The van der Waals surface area contributed by atoms with Crippen molar-refractivity contribution in [2.45, 2.75) is 77.1 Å². The van der Waals surface area contributed by atoms with Crippen LogP contribution in [0.3, 0.4) is 0 Å². The Bertz CT molecular complexity index is 140. The fraction of sp³-hybridized carbons (Fsp3) is 1.00. The third kappa shape index (κ3) is 12.2. The molecule has 0 aromatic rings. The number of aliphatic hydroxyl groups is 1. The van der Waals surface area contributed by atoms with Crippen molar-refractivity contribution >= 4 is 11.8 Å². The maximum absolute atomic E-state index is 9.75. The molecule has 1 unspecified atom stereocenters. The molecule has 0 aliphatic carbocycles. The number of thioether (sulfide) groups is 1. The Balaban J connectivity index is 3.30. The van der Waals surface area contributed by atoms with Gasteiger partial charge in [-0.05, 0) is 6.42 Å². The minimum Gasteiger partial charge on any atom is -0.392 e. The second-order valence-electron chi connectivity index (χ2n) is 5.28. The molecule has 0 heterocycles. The molecule has 0 saturated heterocycles. The zero-order valence-electron chi connectivity index (χ0n) is 10.9. The number of rotatable bonds is 8. The summed E-state index contributed by atoms with van der Waals surface area (Å²) < 4.78 is 0.281. The summed E-state index contributed by atoms with van der Waals surface area (Å²) in [5.41, 5.74) is 0. The Morgan fingerprint density at radius 1 is 1.07 bits per heavy atom. The Hall–Kier alpha value is 0.310. The van der Waals surface area contributed by atoms with Crippen molar-refractivity contribution in [3.63, 3.8) is 0 Å². The predicted molar refractivity (Wildman–Crippen MR) is 71.6 cm³/mol. The van der Waals surface area contributed by atoms with Gasteiger partial charge in [-0.2, -0.15) is 11.8 Å². The maximum atomic E-state index is 9.75. The molecule has 2 heteroatoms. The Morgan fingerprint density at radius 2 is 1.67 bits per heavy atom. The van der Waals surface area contributed by atoms with Gasteiger partial charge in [0.05, 0.1) is 6.10 Å². The average Bonchev–Trinajstić information content (AvgIpc) is 2.13. The summed E-state index contributed by atoms with van der Waals surface area (Å²) in [6, 6.07) is 0. The van der Waals surface area contributed by atoms with Crippen molar-refractivity contribution in [1.29, 1.82) is 0 Å².